The van der Waals surface area contributed by atoms with Crippen LogP contribution in [-0.2, 0) is 4.79 Å². The Hall–Kier alpha value is -3.41. The molecule has 2 N–H and O–H groups in total. The van der Waals surface area contributed by atoms with E-state index in [-0.39, 0.29) is 28.9 Å². The van der Waals surface area contributed by atoms with Crippen LogP contribution >= 0.6 is 0 Å². The van der Waals surface area contributed by atoms with Gasteiger partial charge in [0.1, 0.15) is 6.04 Å². The van der Waals surface area contributed by atoms with Crippen LogP contribution in [0.15, 0.2) is 59.5 Å². The van der Waals surface area contributed by atoms with Gasteiger partial charge in [0.2, 0.25) is 0 Å². The Morgan fingerprint density at radius 2 is 1.50 bits per heavy atom. The number of rotatable bonds is 7. The van der Waals surface area contributed by atoms with Gasteiger partial charge in [0.15, 0.2) is 5.78 Å². The summed E-state index contributed by atoms with van der Waals surface area (Å²) in [5, 5.41) is 9.61. The van der Waals surface area contributed by atoms with Crippen molar-refractivity contribution in [2.45, 2.75) is 76.2 Å². The van der Waals surface area contributed by atoms with Crippen molar-refractivity contribution in [1.29, 1.82) is 0 Å². The molecule has 2 aromatic carbocycles. The number of hydrogen-bond acceptors (Lipinski definition) is 3. The highest BCUT2D eigenvalue weighted by Gasteiger charge is 2.34. The molecule has 1 aromatic heterocycles. The van der Waals surface area contributed by atoms with Gasteiger partial charge < -0.3 is 10.1 Å². The molecule has 2 aliphatic carbocycles. The van der Waals surface area contributed by atoms with Gasteiger partial charge in [-0.05, 0) is 48.4 Å². The van der Waals surface area contributed by atoms with Crippen molar-refractivity contribution in [3.8, 4) is 11.1 Å². The Morgan fingerprint density at radius 1 is 0.861 bits per heavy atom. The highest BCUT2D eigenvalue weighted by molar-refractivity contribution is 5.96. The molecule has 0 radical (unpaired) electrons. The maximum Gasteiger partial charge on any atom is 0.336 e. The molecule has 0 bridgehead atoms. The molecule has 1 unspecified atom stereocenters. The molecule has 1 heterocycles. The first-order chi connectivity index (χ1) is 17.5. The molecule has 0 saturated heterocycles. The molecular formula is C30H34N2O4. The van der Waals surface area contributed by atoms with Crippen LogP contribution in [0, 0.1) is 5.92 Å². The molecule has 0 spiro atoms. The predicted octanol–water partition coefficient (Wildman–Crippen LogP) is 6.33. The fraction of sp³-hybridized carbons (Fsp3) is 0.433. The van der Waals surface area contributed by atoms with Crippen molar-refractivity contribution >= 4 is 11.8 Å². The van der Waals surface area contributed by atoms with E-state index < -0.39 is 12.0 Å². The highest BCUT2D eigenvalue weighted by Crippen LogP contribution is 2.37. The smallest absolute Gasteiger partial charge is 0.336 e. The number of nitrogens with zero attached hydrogens (tertiary/aromatic N) is 1. The van der Waals surface area contributed by atoms with Gasteiger partial charge in [0.25, 0.3) is 0 Å². The number of carbonyl (C=O) groups is 2. The summed E-state index contributed by atoms with van der Waals surface area (Å²) in [6.07, 6.45) is 12.4. The molecule has 6 heteroatoms. The van der Waals surface area contributed by atoms with Gasteiger partial charge in [-0.1, -0.05) is 81.0 Å². The molecule has 2 saturated carbocycles. The largest absolute Gasteiger partial charge is 0.478 e. The summed E-state index contributed by atoms with van der Waals surface area (Å²) < 4.78 is 1.73. The zero-order valence-corrected chi connectivity index (χ0v) is 20.6. The minimum absolute atomic E-state index is 0.0443. The molecule has 2 fully saturated rings. The van der Waals surface area contributed by atoms with Gasteiger partial charge in [-0.25, -0.2) is 9.59 Å². The number of H-pyrrole nitrogens is 1. The number of nitrogens with one attached hydrogen (secondary N) is 1. The molecule has 188 valence electrons. The Bertz CT molecular complexity index is 1270. The number of ketones is 1. The van der Waals surface area contributed by atoms with E-state index in [9.17, 15) is 19.5 Å². The van der Waals surface area contributed by atoms with Crippen molar-refractivity contribution in [3.63, 3.8) is 0 Å². The molecule has 6 nitrogen and oxygen atoms in total. The third kappa shape index (κ3) is 4.81. The van der Waals surface area contributed by atoms with Crippen LogP contribution in [0.5, 0.6) is 0 Å². The SMILES string of the molecule is O=C(O)c1ccccc1-c1ccc(C(C(=O)C2CCCCC2)n2c(C3CCCCC3)c[nH]c2=O)cc1. The predicted molar refractivity (Wildman–Crippen MR) is 139 cm³/mol. The van der Waals surface area contributed by atoms with Gasteiger partial charge >= 0.3 is 11.7 Å². The quantitative estimate of drug-likeness (QED) is 0.408. The van der Waals surface area contributed by atoms with E-state index in [0.717, 1.165) is 74.6 Å². The average Bonchev–Trinajstić information content (AvgIpc) is 3.31. The Kier molecular flexibility index (Phi) is 7.21. The van der Waals surface area contributed by atoms with Gasteiger partial charge in [-0.15, -0.1) is 0 Å². The van der Waals surface area contributed by atoms with Crippen molar-refractivity contribution in [3.05, 3.63) is 82.0 Å². The fourth-order valence-corrected chi connectivity index (χ4v) is 6.19. The van der Waals surface area contributed by atoms with Crippen LogP contribution in [0.1, 0.15) is 97.8 Å². The number of benzene rings is 2. The van der Waals surface area contributed by atoms with E-state index in [1.54, 1.807) is 22.8 Å². The molecule has 0 amide bonds. The lowest BCUT2D eigenvalue weighted by atomic mass is 9.81. The number of carboxylic acid groups (broad SMARTS) is 1. The average molecular weight is 487 g/mol. The number of carboxylic acids is 1. The van der Waals surface area contributed by atoms with Crippen LogP contribution in [0.25, 0.3) is 11.1 Å². The van der Waals surface area contributed by atoms with Crippen LogP contribution in [0.3, 0.4) is 0 Å². The van der Waals surface area contributed by atoms with Crippen molar-refractivity contribution in [2.24, 2.45) is 5.92 Å². The molecule has 0 aliphatic heterocycles. The summed E-state index contributed by atoms with van der Waals surface area (Å²) in [4.78, 5) is 41.8. The maximum absolute atomic E-state index is 14.0. The minimum Gasteiger partial charge on any atom is -0.478 e. The molecule has 3 aromatic rings. The zero-order chi connectivity index (χ0) is 25.1. The van der Waals surface area contributed by atoms with Gasteiger partial charge in [0, 0.05) is 23.7 Å². The standard InChI is InChI=1S/C30H34N2O4/c33-28(23-11-5-2-6-12-23)27(32-26(19-31-30(32)36)21-9-3-1-4-10-21)22-17-15-20(16-18-22)24-13-7-8-14-25(24)29(34)35/h7-8,13-19,21,23,27H,1-6,9-12H2,(H,31,36)(H,34,35). The minimum atomic E-state index is -0.976. The van der Waals surface area contributed by atoms with Crippen LogP contribution < -0.4 is 5.69 Å². The summed E-state index contributed by atoms with van der Waals surface area (Å²) in [5.74, 6) is -0.624. The lowest BCUT2D eigenvalue weighted by Gasteiger charge is -2.29. The summed E-state index contributed by atoms with van der Waals surface area (Å²) in [6.45, 7) is 0. The van der Waals surface area contributed by atoms with E-state index in [2.05, 4.69) is 4.98 Å². The summed E-state index contributed by atoms with van der Waals surface area (Å²) >= 11 is 0. The first kappa shape index (κ1) is 24.3. The van der Waals surface area contributed by atoms with E-state index in [0.29, 0.717) is 5.56 Å². The van der Waals surface area contributed by atoms with E-state index >= 15 is 0 Å². The number of hydrogen-bond donors (Lipinski definition) is 2. The second-order valence-corrected chi connectivity index (χ2v) is 10.3. The number of aromatic nitrogens is 2. The van der Waals surface area contributed by atoms with Gasteiger partial charge in [-0.2, -0.15) is 0 Å². The number of aromatic carboxylic acids is 1. The molecule has 2 aliphatic rings. The fourth-order valence-electron chi connectivity index (χ4n) is 6.19. The monoisotopic (exact) mass is 486 g/mol. The van der Waals surface area contributed by atoms with E-state index in [1.165, 1.54) is 6.42 Å². The Balaban J connectivity index is 1.57. The lowest BCUT2D eigenvalue weighted by molar-refractivity contribution is -0.126. The van der Waals surface area contributed by atoms with Gasteiger partial charge in [0.05, 0.1) is 5.56 Å². The molecule has 5 rings (SSSR count). The molecular weight excluding hydrogens is 452 g/mol. The molecule has 36 heavy (non-hydrogen) atoms. The second-order valence-electron chi connectivity index (χ2n) is 10.3. The summed E-state index contributed by atoms with van der Waals surface area (Å²) in [7, 11) is 0. The van der Waals surface area contributed by atoms with Gasteiger partial charge in [-0.3, -0.25) is 9.36 Å². The van der Waals surface area contributed by atoms with E-state index in [1.807, 2.05) is 36.5 Å². The maximum atomic E-state index is 14.0. The summed E-state index contributed by atoms with van der Waals surface area (Å²) in [6, 6.07) is 13.8. The van der Waals surface area contributed by atoms with Crippen LogP contribution in [-0.4, -0.2) is 26.4 Å². The lowest BCUT2D eigenvalue weighted by Crippen LogP contribution is -2.35. The first-order valence-electron chi connectivity index (χ1n) is 13.3. The van der Waals surface area contributed by atoms with Crippen molar-refractivity contribution < 1.29 is 14.7 Å². The third-order valence-corrected chi connectivity index (χ3v) is 8.09. The topological polar surface area (TPSA) is 92.2 Å². The third-order valence-electron chi connectivity index (χ3n) is 8.09. The Morgan fingerprint density at radius 3 is 2.17 bits per heavy atom. The molecule has 1 atom stereocenters. The number of aromatic amines is 1. The number of carbonyl (C=O) groups excluding carboxylic acids is 1. The Labute approximate surface area is 211 Å². The first-order valence-corrected chi connectivity index (χ1v) is 13.3. The summed E-state index contributed by atoms with van der Waals surface area (Å²) in [5.41, 5.74) is 3.13. The van der Waals surface area contributed by atoms with Crippen LogP contribution in [0.2, 0.25) is 0 Å². The number of Topliss-reactive ketones (excluding diaryl/α,β-unsaturated/α-hetero) is 1. The normalized spacial score (nSPS) is 18.1. The van der Waals surface area contributed by atoms with E-state index in [4.69, 9.17) is 0 Å². The van der Waals surface area contributed by atoms with Crippen molar-refractivity contribution in [2.75, 3.05) is 0 Å². The number of imidazole rings is 1. The van der Waals surface area contributed by atoms with Crippen LogP contribution in [0.4, 0.5) is 0 Å². The second kappa shape index (κ2) is 10.7. The van der Waals surface area contributed by atoms with Crippen molar-refractivity contribution in [1.82, 2.24) is 9.55 Å². The highest BCUT2D eigenvalue weighted by atomic mass is 16.4. The zero-order valence-electron chi connectivity index (χ0n) is 20.6.